The Bertz CT molecular complexity index is 1170. The molecule has 0 saturated carbocycles. The summed E-state index contributed by atoms with van der Waals surface area (Å²) in [7, 11) is 1.57. The van der Waals surface area contributed by atoms with Gasteiger partial charge < -0.3 is 15.4 Å². The number of hydrogen-bond acceptors (Lipinski definition) is 5. The number of aryl methyl sites for hydroxylation is 2. The van der Waals surface area contributed by atoms with Crippen LogP contribution in [0.1, 0.15) is 28.6 Å². The van der Waals surface area contributed by atoms with Crippen molar-refractivity contribution < 1.29 is 14.3 Å². The molecular weight excluding hydrogens is 418 g/mol. The number of rotatable bonds is 6. The second-order valence-electron chi connectivity index (χ2n) is 8.25. The first kappa shape index (κ1) is 22.5. The Balaban J connectivity index is 1.61. The summed E-state index contributed by atoms with van der Waals surface area (Å²) < 4.78 is 7.22. The number of methoxy groups -OCH3 is 1. The fraction of sp³-hybridized carbons (Fsp3) is 0.320. The average molecular weight is 448 g/mol. The number of piperazine rings is 1. The normalized spacial score (nSPS) is 16.4. The van der Waals surface area contributed by atoms with E-state index < -0.39 is 6.04 Å². The fourth-order valence-electron chi connectivity index (χ4n) is 4.36. The molecule has 2 aromatic carbocycles. The molecule has 1 aliphatic heterocycles. The number of amides is 2. The van der Waals surface area contributed by atoms with Gasteiger partial charge in [-0.3, -0.25) is 14.5 Å². The van der Waals surface area contributed by atoms with Crippen LogP contribution in [-0.2, 0) is 9.59 Å². The van der Waals surface area contributed by atoms with Gasteiger partial charge >= 0.3 is 0 Å². The summed E-state index contributed by atoms with van der Waals surface area (Å²) in [5, 5.41) is 10.6. The van der Waals surface area contributed by atoms with Gasteiger partial charge in [0.1, 0.15) is 11.8 Å². The van der Waals surface area contributed by atoms with Crippen LogP contribution in [0.4, 0.5) is 5.69 Å². The maximum Gasteiger partial charge on any atom is 0.242 e. The molecule has 1 saturated heterocycles. The van der Waals surface area contributed by atoms with Crippen molar-refractivity contribution in [1.82, 2.24) is 20.0 Å². The zero-order valence-electron chi connectivity index (χ0n) is 19.4. The molecule has 2 amide bonds. The van der Waals surface area contributed by atoms with Crippen LogP contribution in [0, 0.1) is 20.8 Å². The van der Waals surface area contributed by atoms with Gasteiger partial charge in [-0.1, -0.05) is 24.3 Å². The molecule has 172 valence electrons. The molecule has 2 N–H and O–H groups in total. The lowest BCUT2D eigenvalue weighted by Crippen LogP contribution is -2.52. The highest BCUT2D eigenvalue weighted by Crippen LogP contribution is 2.31. The topological polar surface area (TPSA) is 88.5 Å². The Morgan fingerprint density at radius 2 is 1.94 bits per heavy atom. The molecule has 0 bridgehead atoms. The number of nitrogens with one attached hydrogen (secondary N) is 2. The third-order valence-electron chi connectivity index (χ3n) is 5.91. The molecule has 2 heterocycles. The molecule has 1 atom stereocenters. The van der Waals surface area contributed by atoms with Gasteiger partial charge in [-0.2, -0.15) is 5.10 Å². The molecule has 8 heteroatoms. The number of aromatic nitrogens is 2. The second-order valence-corrected chi connectivity index (χ2v) is 8.25. The van der Waals surface area contributed by atoms with Gasteiger partial charge in [0.25, 0.3) is 0 Å². The number of carbonyl (C=O) groups excluding carboxylic acids is 2. The molecule has 0 radical (unpaired) electrons. The first-order valence-corrected chi connectivity index (χ1v) is 11.0. The highest BCUT2D eigenvalue weighted by Gasteiger charge is 2.36. The molecule has 33 heavy (non-hydrogen) atoms. The summed E-state index contributed by atoms with van der Waals surface area (Å²) in [6.45, 7) is 6.94. The lowest BCUT2D eigenvalue weighted by atomic mass is 10.00. The van der Waals surface area contributed by atoms with Crippen molar-refractivity contribution in [3.8, 4) is 11.4 Å². The highest BCUT2D eigenvalue weighted by atomic mass is 16.5. The third-order valence-corrected chi connectivity index (χ3v) is 5.91. The van der Waals surface area contributed by atoms with Crippen LogP contribution in [0.5, 0.6) is 5.75 Å². The number of ether oxygens (including phenoxy) is 1. The van der Waals surface area contributed by atoms with E-state index in [1.165, 1.54) is 0 Å². The van der Waals surface area contributed by atoms with Gasteiger partial charge in [-0.05, 0) is 50.6 Å². The van der Waals surface area contributed by atoms with E-state index in [9.17, 15) is 9.59 Å². The minimum Gasteiger partial charge on any atom is -0.495 e. The van der Waals surface area contributed by atoms with E-state index in [-0.39, 0.29) is 18.4 Å². The van der Waals surface area contributed by atoms with Crippen LogP contribution < -0.4 is 15.4 Å². The van der Waals surface area contributed by atoms with Crippen LogP contribution in [-0.4, -0.2) is 53.2 Å². The minimum atomic E-state index is -0.596. The molecule has 1 fully saturated rings. The SMILES string of the molecule is COc1ccc(C)cc1NC(=O)CN1CCNC(=O)C1c1c(C)nn(-c2ccccc2)c1C. The van der Waals surface area contributed by atoms with Gasteiger partial charge in [0.15, 0.2) is 0 Å². The van der Waals surface area contributed by atoms with Gasteiger partial charge in [0.2, 0.25) is 11.8 Å². The third kappa shape index (κ3) is 4.61. The van der Waals surface area contributed by atoms with Crippen LogP contribution in [0.3, 0.4) is 0 Å². The van der Waals surface area contributed by atoms with Crippen LogP contribution >= 0.6 is 0 Å². The largest absolute Gasteiger partial charge is 0.495 e. The lowest BCUT2D eigenvalue weighted by Gasteiger charge is -2.34. The number of benzene rings is 2. The molecule has 4 rings (SSSR count). The summed E-state index contributed by atoms with van der Waals surface area (Å²) in [6.07, 6.45) is 0. The Hall–Kier alpha value is -3.65. The number of hydrogen-bond donors (Lipinski definition) is 2. The lowest BCUT2D eigenvalue weighted by molar-refractivity contribution is -0.130. The zero-order chi connectivity index (χ0) is 23.5. The standard InChI is InChI=1S/C25H29N5O3/c1-16-10-11-21(33-4)20(14-16)27-22(31)15-29-13-12-26-25(32)24(29)23-17(2)28-30(18(23)3)19-8-6-5-7-9-19/h5-11,14,24H,12-13,15H2,1-4H3,(H,26,32)(H,27,31). The summed E-state index contributed by atoms with van der Waals surface area (Å²) >= 11 is 0. The monoisotopic (exact) mass is 447 g/mol. The van der Waals surface area contributed by atoms with E-state index in [1.807, 2.05) is 78.9 Å². The molecular formula is C25H29N5O3. The Kier molecular flexibility index (Phi) is 6.46. The highest BCUT2D eigenvalue weighted by molar-refractivity contribution is 5.94. The van der Waals surface area contributed by atoms with Gasteiger partial charge in [-0.15, -0.1) is 0 Å². The van der Waals surface area contributed by atoms with Crippen molar-refractivity contribution >= 4 is 17.5 Å². The molecule has 0 aliphatic carbocycles. The first-order valence-electron chi connectivity index (χ1n) is 11.0. The molecule has 3 aromatic rings. The second kappa shape index (κ2) is 9.46. The summed E-state index contributed by atoms with van der Waals surface area (Å²) in [6, 6.07) is 14.8. The van der Waals surface area contributed by atoms with E-state index in [2.05, 4.69) is 10.6 Å². The van der Waals surface area contributed by atoms with Gasteiger partial charge in [-0.25, -0.2) is 4.68 Å². The number of anilines is 1. The van der Waals surface area contributed by atoms with Crippen LogP contribution in [0.2, 0.25) is 0 Å². The first-order chi connectivity index (χ1) is 15.9. The van der Waals surface area contributed by atoms with Crippen molar-refractivity contribution in [2.24, 2.45) is 0 Å². The van der Waals surface area contributed by atoms with Crippen LogP contribution in [0.15, 0.2) is 48.5 Å². The maximum absolute atomic E-state index is 13.0. The fourth-order valence-corrected chi connectivity index (χ4v) is 4.36. The Morgan fingerprint density at radius 3 is 2.67 bits per heavy atom. The van der Waals surface area contributed by atoms with Gasteiger partial charge in [0, 0.05) is 24.3 Å². The quantitative estimate of drug-likeness (QED) is 0.607. The molecule has 1 unspecified atom stereocenters. The van der Waals surface area contributed by atoms with E-state index in [4.69, 9.17) is 9.84 Å². The average Bonchev–Trinajstić information content (AvgIpc) is 3.08. The molecule has 1 aromatic heterocycles. The van der Waals surface area contributed by atoms with E-state index in [0.29, 0.717) is 24.5 Å². The number of nitrogens with zero attached hydrogens (tertiary/aromatic N) is 3. The summed E-state index contributed by atoms with van der Waals surface area (Å²) in [5.41, 5.74) is 5.04. The van der Waals surface area contributed by atoms with Gasteiger partial charge in [0.05, 0.1) is 30.7 Å². The number of para-hydroxylation sites is 1. The minimum absolute atomic E-state index is 0.0740. The van der Waals surface area contributed by atoms with Crippen molar-refractivity contribution in [1.29, 1.82) is 0 Å². The van der Waals surface area contributed by atoms with E-state index in [1.54, 1.807) is 7.11 Å². The predicted molar refractivity (Wildman–Crippen MR) is 127 cm³/mol. The van der Waals surface area contributed by atoms with Crippen molar-refractivity contribution in [2.75, 3.05) is 32.1 Å². The maximum atomic E-state index is 13.0. The summed E-state index contributed by atoms with van der Waals surface area (Å²) in [5.74, 6) is 0.267. The zero-order valence-corrected chi connectivity index (χ0v) is 19.4. The van der Waals surface area contributed by atoms with Crippen molar-refractivity contribution in [3.05, 3.63) is 71.0 Å². The van der Waals surface area contributed by atoms with E-state index >= 15 is 0 Å². The molecule has 0 spiro atoms. The van der Waals surface area contributed by atoms with Crippen molar-refractivity contribution in [2.45, 2.75) is 26.8 Å². The smallest absolute Gasteiger partial charge is 0.242 e. The Morgan fingerprint density at radius 1 is 1.18 bits per heavy atom. The van der Waals surface area contributed by atoms with Crippen LogP contribution in [0.25, 0.3) is 5.69 Å². The summed E-state index contributed by atoms with van der Waals surface area (Å²) in [4.78, 5) is 27.9. The molecule has 1 aliphatic rings. The predicted octanol–water partition coefficient (Wildman–Crippen LogP) is 2.92. The van der Waals surface area contributed by atoms with E-state index in [0.717, 1.165) is 28.2 Å². The molecule has 8 nitrogen and oxygen atoms in total. The van der Waals surface area contributed by atoms with Crippen molar-refractivity contribution in [3.63, 3.8) is 0 Å². The Labute approximate surface area is 193 Å². The number of carbonyl (C=O) groups is 2.